The van der Waals surface area contributed by atoms with Crippen LogP contribution in [0, 0.1) is 0 Å². The third kappa shape index (κ3) is 4.99. The molecule has 0 unspecified atom stereocenters. The second kappa shape index (κ2) is 8.79. The molecule has 2 nitrogen and oxygen atoms in total. The van der Waals surface area contributed by atoms with Crippen molar-refractivity contribution in [3.05, 3.63) is 90.1 Å². The fraction of sp³-hybridized carbons (Fsp3) is 0.200. The zero-order chi connectivity index (χ0) is 16.5. The highest BCUT2D eigenvalue weighted by atomic mass is 19.1. The van der Waals surface area contributed by atoms with Crippen LogP contribution in [0.1, 0.15) is 36.0 Å². The molecule has 0 saturated carbocycles. The summed E-state index contributed by atoms with van der Waals surface area (Å²) in [5, 5.41) is 0. The van der Waals surface area contributed by atoms with E-state index in [1.54, 1.807) is 6.20 Å². The van der Waals surface area contributed by atoms with Crippen molar-refractivity contribution < 1.29 is 4.39 Å². The van der Waals surface area contributed by atoms with Crippen LogP contribution >= 0.6 is 0 Å². The molecule has 0 amide bonds. The molecule has 118 valence electrons. The molecule has 1 aromatic carbocycles. The third-order valence-electron chi connectivity index (χ3n) is 3.39. The van der Waals surface area contributed by atoms with E-state index in [-0.39, 0.29) is 0 Å². The molecule has 0 saturated heterocycles. The van der Waals surface area contributed by atoms with Gasteiger partial charge in [-0.15, -0.1) is 0 Å². The predicted octanol–water partition coefficient (Wildman–Crippen LogP) is 5.07. The van der Waals surface area contributed by atoms with E-state index in [1.165, 1.54) is 0 Å². The molecule has 23 heavy (non-hydrogen) atoms. The minimum absolute atomic E-state index is 0.428. The van der Waals surface area contributed by atoms with E-state index in [0.717, 1.165) is 17.5 Å². The van der Waals surface area contributed by atoms with Crippen LogP contribution in [0.5, 0.6) is 0 Å². The van der Waals surface area contributed by atoms with Gasteiger partial charge in [-0.25, -0.2) is 14.4 Å². The Labute approximate surface area is 137 Å². The van der Waals surface area contributed by atoms with Gasteiger partial charge in [-0.1, -0.05) is 68.1 Å². The molecule has 0 N–H and O–H groups in total. The standard InChI is InChI=1S/C20H21FN2/c1-3-4-5-7-10-16(2)20-22-15-18(19(14-21)23-20)13-17-11-8-6-9-12-17/h4-12,15H,2-3,13-14H2,1H3/b5-4-,10-7-. The van der Waals surface area contributed by atoms with Gasteiger partial charge in [0.15, 0.2) is 5.82 Å². The Balaban J connectivity index is 2.17. The molecule has 0 atom stereocenters. The lowest BCUT2D eigenvalue weighted by Gasteiger charge is -2.08. The Morgan fingerprint density at radius 2 is 2.00 bits per heavy atom. The van der Waals surface area contributed by atoms with E-state index in [2.05, 4.69) is 23.5 Å². The zero-order valence-electron chi connectivity index (χ0n) is 13.4. The summed E-state index contributed by atoms with van der Waals surface area (Å²) in [6.45, 7) is 5.41. The van der Waals surface area contributed by atoms with Gasteiger partial charge in [0.2, 0.25) is 0 Å². The maximum Gasteiger partial charge on any atom is 0.158 e. The van der Waals surface area contributed by atoms with Crippen LogP contribution in [-0.2, 0) is 13.1 Å². The van der Waals surface area contributed by atoms with Crippen molar-refractivity contribution >= 4 is 5.57 Å². The molecule has 0 aliphatic heterocycles. The maximum atomic E-state index is 13.3. The number of benzene rings is 1. The van der Waals surface area contributed by atoms with E-state index in [4.69, 9.17) is 0 Å². The van der Waals surface area contributed by atoms with Crippen molar-refractivity contribution in [2.24, 2.45) is 0 Å². The Morgan fingerprint density at radius 1 is 1.22 bits per heavy atom. The number of hydrogen-bond acceptors (Lipinski definition) is 2. The Morgan fingerprint density at radius 3 is 2.70 bits per heavy atom. The van der Waals surface area contributed by atoms with E-state index in [1.807, 2.05) is 54.6 Å². The second-order valence-electron chi connectivity index (χ2n) is 5.18. The highest BCUT2D eigenvalue weighted by Crippen LogP contribution is 2.16. The molecular weight excluding hydrogens is 287 g/mol. The topological polar surface area (TPSA) is 25.8 Å². The number of allylic oxidation sites excluding steroid dienone is 5. The molecule has 1 aromatic heterocycles. The van der Waals surface area contributed by atoms with Crippen molar-refractivity contribution in [1.82, 2.24) is 9.97 Å². The van der Waals surface area contributed by atoms with Gasteiger partial charge in [-0.3, -0.25) is 0 Å². The number of aromatic nitrogens is 2. The fourth-order valence-corrected chi connectivity index (χ4v) is 2.14. The van der Waals surface area contributed by atoms with Gasteiger partial charge < -0.3 is 0 Å². The smallest absolute Gasteiger partial charge is 0.158 e. The van der Waals surface area contributed by atoms with Gasteiger partial charge >= 0.3 is 0 Å². The monoisotopic (exact) mass is 308 g/mol. The number of alkyl halides is 1. The van der Waals surface area contributed by atoms with Crippen LogP contribution in [0.25, 0.3) is 5.57 Å². The largest absolute Gasteiger partial charge is 0.244 e. The lowest BCUT2D eigenvalue weighted by Crippen LogP contribution is -2.03. The zero-order valence-corrected chi connectivity index (χ0v) is 13.4. The Hall–Kier alpha value is -2.55. The summed E-state index contributed by atoms with van der Waals surface area (Å²) in [5.41, 5.74) is 3.02. The van der Waals surface area contributed by atoms with Crippen LogP contribution in [0.4, 0.5) is 4.39 Å². The van der Waals surface area contributed by atoms with Crippen molar-refractivity contribution in [3.8, 4) is 0 Å². The Kier molecular flexibility index (Phi) is 6.42. The average molecular weight is 308 g/mol. The van der Waals surface area contributed by atoms with Gasteiger partial charge in [-0.05, 0) is 17.5 Å². The molecule has 2 aromatic rings. The first-order valence-corrected chi connectivity index (χ1v) is 7.71. The second-order valence-corrected chi connectivity index (χ2v) is 5.18. The summed E-state index contributed by atoms with van der Waals surface area (Å²) in [6, 6.07) is 9.92. The first-order chi connectivity index (χ1) is 11.2. The maximum absolute atomic E-state index is 13.3. The molecule has 1 heterocycles. The summed E-state index contributed by atoms with van der Waals surface area (Å²) < 4.78 is 13.3. The minimum Gasteiger partial charge on any atom is -0.244 e. The van der Waals surface area contributed by atoms with E-state index >= 15 is 0 Å². The van der Waals surface area contributed by atoms with Gasteiger partial charge in [0.1, 0.15) is 6.67 Å². The molecule has 0 radical (unpaired) electrons. The molecule has 0 aliphatic rings. The van der Waals surface area contributed by atoms with Crippen molar-refractivity contribution in [3.63, 3.8) is 0 Å². The summed E-state index contributed by atoms with van der Waals surface area (Å²) in [5.74, 6) is 0.468. The number of halogens is 1. The Bertz CT molecular complexity index is 703. The van der Waals surface area contributed by atoms with Gasteiger partial charge in [0.25, 0.3) is 0 Å². The quantitative estimate of drug-likeness (QED) is 0.667. The van der Waals surface area contributed by atoms with E-state index in [9.17, 15) is 4.39 Å². The fourth-order valence-electron chi connectivity index (χ4n) is 2.14. The number of rotatable bonds is 7. The van der Waals surface area contributed by atoms with Crippen LogP contribution in [0.15, 0.2) is 67.4 Å². The molecule has 3 heteroatoms. The number of hydrogen-bond donors (Lipinski definition) is 0. The van der Waals surface area contributed by atoms with Crippen molar-refractivity contribution in [2.45, 2.75) is 26.4 Å². The van der Waals surface area contributed by atoms with E-state index in [0.29, 0.717) is 23.5 Å². The third-order valence-corrected chi connectivity index (χ3v) is 3.39. The highest BCUT2D eigenvalue weighted by Gasteiger charge is 2.09. The first-order valence-electron chi connectivity index (χ1n) is 7.71. The van der Waals surface area contributed by atoms with Crippen LogP contribution in [0.3, 0.4) is 0 Å². The SMILES string of the molecule is C=C(/C=C\C=C/CC)c1ncc(Cc2ccccc2)c(CF)n1. The predicted molar refractivity (Wildman–Crippen MR) is 93.7 cm³/mol. The molecule has 0 spiro atoms. The molecule has 0 bridgehead atoms. The lowest BCUT2D eigenvalue weighted by atomic mass is 10.1. The molecular formula is C20H21FN2. The van der Waals surface area contributed by atoms with Gasteiger partial charge in [-0.2, -0.15) is 0 Å². The first kappa shape index (κ1) is 16.8. The van der Waals surface area contributed by atoms with Gasteiger partial charge in [0.05, 0.1) is 5.69 Å². The van der Waals surface area contributed by atoms with Crippen LogP contribution in [-0.4, -0.2) is 9.97 Å². The highest BCUT2D eigenvalue weighted by molar-refractivity contribution is 5.67. The van der Waals surface area contributed by atoms with Crippen molar-refractivity contribution in [2.75, 3.05) is 0 Å². The normalized spacial score (nSPS) is 11.4. The lowest BCUT2D eigenvalue weighted by molar-refractivity contribution is 0.472. The molecule has 2 rings (SSSR count). The number of nitrogens with zero attached hydrogens (tertiary/aromatic N) is 2. The summed E-state index contributed by atoms with van der Waals surface area (Å²) in [7, 11) is 0. The molecule has 0 aliphatic carbocycles. The van der Waals surface area contributed by atoms with Crippen LogP contribution < -0.4 is 0 Å². The average Bonchev–Trinajstić information content (AvgIpc) is 2.59. The van der Waals surface area contributed by atoms with Gasteiger partial charge in [0, 0.05) is 18.2 Å². The summed E-state index contributed by atoms with van der Waals surface area (Å²) >= 11 is 0. The van der Waals surface area contributed by atoms with Crippen molar-refractivity contribution in [1.29, 1.82) is 0 Å². The minimum atomic E-state index is -0.607. The summed E-state index contributed by atoms with van der Waals surface area (Å²) in [4.78, 5) is 8.65. The van der Waals surface area contributed by atoms with Crippen LogP contribution in [0.2, 0.25) is 0 Å². The van der Waals surface area contributed by atoms with E-state index < -0.39 is 6.67 Å². The molecule has 0 fully saturated rings. The summed E-state index contributed by atoms with van der Waals surface area (Å²) in [6.07, 6.45) is 11.0.